The lowest BCUT2D eigenvalue weighted by Gasteiger charge is -2.13. The number of rotatable bonds is 8. The van der Waals surface area contributed by atoms with Crippen molar-refractivity contribution in [3.8, 4) is 17.1 Å². The highest BCUT2D eigenvalue weighted by Crippen LogP contribution is 2.19. The molecule has 0 fully saturated rings. The molecule has 0 bridgehead atoms. The number of benzene rings is 2. The number of aromatic amines is 1. The van der Waals surface area contributed by atoms with Gasteiger partial charge in [0.2, 0.25) is 0 Å². The largest absolute Gasteiger partial charge is 0.497 e. The summed E-state index contributed by atoms with van der Waals surface area (Å²) < 4.78 is 18.7. The normalized spacial score (nSPS) is 11.4. The molecule has 30 heavy (non-hydrogen) atoms. The van der Waals surface area contributed by atoms with Crippen LogP contribution in [0.1, 0.15) is 17.0 Å². The number of nitrogens with one attached hydrogen (secondary N) is 3. The molecule has 3 aromatic rings. The van der Waals surface area contributed by atoms with Crippen molar-refractivity contribution in [3.63, 3.8) is 0 Å². The van der Waals surface area contributed by atoms with Gasteiger partial charge >= 0.3 is 0 Å². The number of hydrogen-bond donors (Lipinski definition) is 3. The monoisotopic (exact) mass is 428 g/mol. The number of ether oxygens (including phenoxy) is 1. The molecule has 9 heteroatoms. The van der Waals surface area contributed by atoms with Crippen molar-refractivity contribution in [2.75, 3.05) is 20.4 Å². The van der Waals surface area contributed by atoms with Crippen LogP contribution in [0.5, 0.6) is 5.75 Å². The van der Waals surface area contributed by atoms with Gasteiger partial charge in [-0.3, -0.25) is 10.1 Å². The highest BCUT2D eigenvalue weighted by Gasteiger charge is 2.08. The van der Waals surface area contributed by atoms with Gasteiger partial charge in [-0.05, 0) is 53.8 Å². The highest BCUT2D eigenvalue weighted by molar-refractivity contribution is 7.97. The van der Waals surface area contributed by atoms with Crippen LogP contribution in [0.25, 0.3) is 11.4 Å². The van der Waals surface area contributed by atoms with E-state index in [0.29, 0.717) is 30.7 Å². The van der Waals surface area contributed by atoms with Crippen molar-refractivity contribution in [3.05, 3.63) is 65.2 Å². The maximum atomic E-state index is 13.5. The Morgan fingerprint density at radius 3 is 2.60 bits per heavy atom. The molecule has 0 aliphatic carbocycles. The van der Waals surface area contributed by atoms with Crippen molar-refractivity contribution in [1.82, 2.24) is 25.8 Å². The molecule has 0 aliphatic rings. The third kappa shape index (κ3) is 5.73. The first-order valence-corrected chi connectivity index (χ1v) is 10.8. The molecule has 3 N–H and O–H groups in total. The van der Waals surface area contributed by atoms with Crippen molar-refractivity contribution >= 4 is 17.7 Å². The Kier molecular flexibility index (Phi) is 7.67. The summed E-state index contributed by atoms with van der Waals surface area (Å²) >= 11 is 1.66. The molecular formula is C21H25FN6OS. The second kappa shape index (κ2) is 10.6. The van der Waals surface area contributed by atoms with Gasteiger partial charge in [-0.1, -0.05) is 6.07 Å². The van der Waals surface area contributed by atoms with E-state index >= 15 is 0 Å². The number of aromatic nitrogens is 3. The van der Waals surface area contributed by atoms with Crippen molar-refractivity contribution in [2.24, 2.45) is 4.99 Å². The number of nitrogens with zero attached hydrogens (tertiary/aromatic N) is 3. The van der Waals surface area contributed by atoms with E-state index in [4.69, 9.17) is 4.74 Å². The minimum absolute atomic E-state index is 0.219. The summed E-state index contributed by atoms with van der Waals surface area (Å²) in [7, 11) is 3.33. The van der Waals surface area contributed by atoms with Crippen LogP contribution >= 0.6 is 11.8 Å². The summed E-state index contributed by atoms with van der Waals surface area (Å²) in [4.78, 5) is 8.75. The summed E-state index contributed by atoms with van der Waals surface area (Å²) in [6.07, 6.45) is 2.00. The van der Waals surface area contributed by atoms with Gasteiger partial charge in [-0.25, -0.2) is 9.37 Å². The maximum Gasteiger partial charge on any atom is 0.191 e. The zero-order valence-corrected chi connectivity index (χ0v) is 18.0. The van der Waals surface area contributed by atoms with E-state index in [1.165, 1.54) is 6.07 Å². The minimum atomic E-state index is -0.219. The molecule has 2 aromatic carbocycles. The Hall–Kier alpha value is -3.07. The number of aliphatic imine (C=N–C) groups is 1. The van der Waals surface area contributed by atoms with E-state index < -0.39 is 0 Å². The summed E-state index contributed by atoms with van der Waals surface area (Å²) in [5.41, 5.74) is 2.92. The molecule has 0 aliphatic heterocycles. The molecule has 158 valence electrons. The number of thioether (sulfide) groups is 1. The SMILES string of the molecule is CN=C(NCc1nc(-c2ccc(OC)cc2)n[nH]1)NCc1ccc(F)cc1CSC. The molecule has 1 heterocycles. The smallest absolute Gasteiger partial charge is 0.191 e. The van der Waals surface area contributed by atoms with Gasteiger partial charge in [0, 0.05) is 24.9 Å². The molecule has 0 radical (unpaired) electrons. The Morgan fingerprint density at radius 2 is 1.90 bits per heavy atom. The van der Waals surface area contributed by atoms with Crippen LogP contribution in [-0.2, 0) is 18.8 Å². The van der Waals surface area contributed by atoms with Crippen LogP contribution in [0.3, 0.4) is 0 Å². The third-order valence-electron chi connectivity index (χ3n) is 4.44. The zero-order valence-electron chi connectivity index (χ0n) is 17.2. The van der Waals surface area contributed by atoms with Crippen LogP contribution in [0, 0.1) is 5.82 Å². The summed E-state index contributed by atoms with van der Waals surface area (Å²) in [5.74, 6) is 3.25. The van der Waals surface area contributed by atoms with Gasteiger partial charge in [0.1, 0.15) is 17.4 Å². The van der Waals surface area contributed by atoms with E-state index in [1.807, 2.05) is 30.5 Å². The van der Waals surface area contributed by atoms with Gasteiger partial charge < -0.3 is 15.4 Å². The van der Waals surface area contributed by atoms with Gasteiger partial charge in [-0.2, -0.15) is 16.9 Å². The first-order valence-electron chi connectivity index (χ1n) is 9.39. The standard InChI is InChI=1S/C21H25FN6OS/c1-23-21(24-11-15-4-7-17(22)10-16(15)13-30-3)25-12-19-26-20(28-27-19)14-5-8-18(29-2)9-6-14/h4-10H,11-13H2,1-3H3,(H2,23,24,25)(H,26,27,28). The van der Waals surface area contributed by atoms with Crippen molar-refractivity contribution < 1.29 is 9.13 Å². The lowest BCUT2D eigenvalue weighted by Crippen LogP contribution is -2.36. The molecular weight excluding hydrogens is 403 g/mol. The second-order valence-corrected chi connectivity index (χ2v) is 7.33. The Labute approximate surface area is 179 Å². The summed E-state index contributed by atoms with van der Waals surface area (Å²) in [6, 6.07) is 12.4. The molecule has 0 amide bonds. The fourth-order valence-corrected chi connectivity index (χ4v) is 3.45. The van der Waals surface area contributed by atoms with Gasteiger partial charge in [0.15, 0.2) is 11.8 Å². The summed E-state index contributed by atoms with van der Waals surface area (Å²) in [6.45, 7) is 0.979. The first-order chi connectivity index (χ1) is 14.6. The lowest BCUT2D eigenvalue weighted by atomic mass is 10.1. The molecule has 0 atom stereocenters. The van der Waals surface area contributed by atoms with E-state index in [2.05, 4.69) is 30.8 Å². The topological polar surface area (TPSA) is 87.2 Å². The zero-order chi connectivity index (χ0) is 21.3. The molecule has 0 saturated heterocycles. The number of guanidine groups is 1. The fraction of sp³-hybridized carbons (Fsp3) is 0.286. The maximum absolute atomic E-state index is 13.5. The number of H-pyrrole nitrogens is 1. The van der Waals surface area contributed by atoms with Crippen molar-refractivity contribution in [2.45, 2.75) is 18.8 Å². The van der Waals surface area contributed by atoms with Crippen LogP contribution < -0.4 is 15.4 Å². The minimum Gasteiger partial charge on any atom is -0.497 e. The summed E-state index contributed by atoms with van der Waals surface area (Å²) in [5, 5.41) is 13.7. The fourth-order valence-electron chi connectivity index (χ4n) is 2.87. The molecule has 1 aromatic heterocycles. The van der Waals surface area contributed by atoms with Crippen LogP contribution in [0.4, 0.5) is 4.39 Å². The van der Waals surface area contributed by atoms with Crippen molar-refractivity contribution in [1.29, 1.82) is 0 Å². The molecule has 7 nitrogen and oxygen atoms in total. The van der Waals surface area contributed by atoms with Gasteiger partial charge in [0.05, 0.1) is 13.7 Å². The first kappa shape index (κ1) is 21.6. The third-order valence-corrected chi connectivity index (χ3v) is 5.04. The van der Waals surface area contributed by atoms with E-state index in [9.17, 15) is 4.39 Å². The molecule has 3 rings (SSSR count). The van der Waals surface area contributed by atoms with E-state index in [0.717, 1.165) is 28.2 Å². The van der Waals surface area contributed by atoms with E-state index in [-0.39, 0.29) is 5.82 Å². The molecule has 0 spiro atoms. The number of methoxy groups -OCH3 is 1. The molecule has 0 saturated carbocycles. The average Bonchev–Trinajstić information content (AvgIpc) is 3.24. The predicted molar refractivity (Wildman–Crippen MR) is 119 cm³/mol. The Balaban J connectivity index is 1.56. The van der Waals surface area contributed by atoms with Gasteiger partial charge in [-0.15, -0.1) is 0 Å². The Bertz CT molecular complexity index is 989. The van der Waals surface area contributed by atoms with Crippen LogP contribution in [-0.4, -0.2) is 41.6 Å². The quantitative estimate of drug-likeness (QED) is 0.377. The van der Waals surface area contributed by atoms with Crippen LogP contribution in [0.2, 0.25) is 0 Å². The number of hydrogen-bond acceptors (Lipinski definition) is 5. The number of halogens is 1. The average molecular weight is 429 g/mol. The molecule has 0 unspecified atom stereocenters. The lowest BCUT2D eigenvalue weighted by molar-refractivity contribution is 0.415. The van der Waals surface area contributed by atoms with E-state index in [1.54, 1.807) is 38.1 Å². The van der Waals surface area contributed by atoms with Gasteiger partial charge in [0.25, 0.3) is 0 Å². The Morgan fingerprint density at radius 1 is 1.13 bits per heavy atom. The van der Waals surface area contributed by atoms with Crippen LogP contribution in [0.15, 0.2) is 47.5 Å². The highest BCUT2D eigenvalue weighted by atomic mass is 32.2. The second-order valence-electron chi connectivity index (χ2n) is 6.46. The predicted octanol–water partition coefficient (Wildman–Crippen LogP) is 3.35.